The summed E-state index contributed by atoms with van der Waals surface area (Å²) >= 11 is 1.57. The minimum Gasteiger partial charge on any atom is -0.376 e. The highest BCUT2D eigenvalue weighted by Gasteiger charge is 2.21. The molecule has 2 heterocycles. The van der Waals surface area contributed by atoms with E-state index in [0.29, 0.717) is 6.10 Å². The molecule has 2 rings (SSSR count). The Morgan fingerprint density at radius 2 is 2.47 bits per heavy atom. The van der Waals surface area contributed by atoms with Crippen LogP contribution in [-0.4, -0.2) is 32.1 Å². The Hall–Kier alpha value is -0.870. The molecule has 1 aliphatic rings. The molecular formula is C13H19NO2S. The molecule has 0 bridgehead atoms. The van der Waals surface area contributed by atoms with Gasteiger partial charge in [-0.2, -0.15) is 0 Å². The van der Waals surface area contributed by atoms with Crippen LogP contribution in [0.1, 0.15) is 35.9 Å². The van der Waals surface area contributed by atoms with Crippen LogP contribution in [0.25, 0.3) is 0 Å². The molecule has 0 spiro atoms. The predicted octanol–water partition coefficient (Wildman–Crippen LogP) is 2.96. The average molecular weight is 253 g/mol. The lowest BCUT2D eigenvalue weighted by molar-refractivity contribution is 0.0442. The van der Waals surface area contributed by atoms with Crippen LogP contribution in [0.15, 0.2) is 12.1 Å². The Morgan fingerprint density at radius 3 is 3.18 bits per heavy atom. The standard InChI is InChI=1S/C13H19NO2S/c1-2-8-16-11-4-3-7-14(9-11)13-6-5-12(10-15)17-13/h5-6,10-11H,2-4,7-9H2,1H3. The number of hydrogen-bond donors (Lipinski definition) is 0. The molecule has 0 N–H and O–H groups in total. The fraction of sp³-hybridized carbons (Fsp3) is 0.615. The number of hydrogen-bond acceptors (Lipinski definition) is 4. The first kappa shape index (κ1) is 12.6. The van der Waals surface area contributed by atoms with Crippen molar-refractivity contribution in [2.24, 2.45) is 0 Å². The van der Waals surface area contributed by atoms with Crippen LogP contribution in [-0.2, 0) is 4.74 Å². The number of carbonyl (C=O) groups excluding carboxylic acids is 1. The lowest BCUT2D eigenvalue weighted by Gasteiger charge is -2.33. The number of rotatable bonds is 5. The molecule has 94 valence electrons. The van der Waals surface area contributed by atoms with E-state index in [1.54, 1.807) is 11.3 Å². The zero-order chi connectivity index (χ0) is 12.1. The van der Waals surface area contributed by atoms with Crippen LogP contribution in [0.2, 0.25) is 0 Å². The fourth-order valence-corrected chi connectivity index (χ4v) is 2.99. The Balaban J connectivity index is 1.94. The molecule has 1 aromatic rings. The molecule has 1 aromatic heterocycles. The minimum atomic E-state index is 0.352. The Bertz CT molecular complexity index is 364. The van der Waals surface area contributed by atoms with Gasteiger partial charge in [-0.3, -0.25) is 4.79 Å². The zero-order valence-electron chi connectivity index (χ0n) is 10.2. The second-order valence-electron chi connectivity index (χ2n) is 4.37. The number of nitrogens with zero attached hydrogens (tertiary/aromatic N) is 1. The fourth-order valence-electron chi connectivity index (χ4n) is 2.13. The summed E-state index contributed by atoms with van der Waals surface area (Å²) in [4.78, 5) is 13.8. The van der Waals surface area contributed by atoms with Gasteiger partial charge in [-0.05, 0) is 31.4 Å². The Morgan fingerprint density at radius 1 is 1.59 bits per heavy atom. The normalized spacial score (nSPS) is 20.5. The first-order chi connectivity index (χ1) is 8.33. The van der Waals surface area contributed by atoms with E-state index in [2.05, 4.69) is 11.8 Å². The van der Waals surface area contributed by atoms with Crippen LogP contribution < -0.4 is 4.90 Å². The highest BCUT2D eigenvalue weighted by atomic mass is 32.1. The van der Waals surface area contributed by atoms with Crippen molar-refractivity contribution in [3.05, 3.63) is 17.0 Å². The zero-order valence-corrected chi connectivity index (χ0v) is 11.0. The van der Waals surface area contributed by atoms with Crippen LogP contribution >= 0.6 is 11.3 Å². The van der Waals surface area contributed by atoms with Gasteiger partial charge in [-0.25, -0.2) is 0 Å². The topological polar surface area (TPSA) is 29.5 Å². The summed E-state index contributed by atoms with van der Waals surface area (Å²) in [6.45, 7) is 5.02. The van der Waals surface area contributed by atoms with Gasteiger partial charge in [-0.15, -0.1) is 11.3 Å². The van der Waals surface area contributed by atoms with Gasteiger partial charge < -0.3 is 9.64 Å². The third kappa shape index (κ3) is 3.30. The van der Waals surface area contributed by atoms with Crippen LogP contribution in [0, 0.1) is 0 Å². The van der Waals surface area contributed by atoms with Gasteiger partial charge >= 0.3 is 0 Å². The predicted molar refractivity (Wildman–Crippen MR) is 71.2 cm³/mol. The molecule has 0 aromatic carbocycles. The second-order valence-corrected chi connectivity index (χ2v) is 5.47. The van der Waals surface area contributed by atoms with E-state index < -0.39 is 0 Å². The van der Waals surface area contributed by atoms with Crippen LogP contribution in [0.3, 0.4) is 0 Å². The number of ether oxygens (including phenoxy) is 1. The van der Waals surface area contributed by atoms with E-state index in [1.807, 2.05) is 12.1 Å². The van der Waals surface area contributed by atoms with Gasteiger partial charge in [-0.1, -0.05) is 6.92 Å². The van der Waals surface area contributed by atoms with Crippen molar-refractivity contribution in [3.8, 4) is 0 Å². The molecule has 3 nitrogen and oxygen atoms in total. The lowest BCUT2D eigenvalue weighted by Crippen LogP contribution is -2.39. The van der Waals surface area contributed by atoms with Crippen molar-refractivity contribution in [2.45, 2.75) is 32.3 Å². The number of anilines is 1. The summed E-state index contributed by atoms with van der Waals surface area (Å²) in [6.07, 6.45) is 4.67. The molecule has 4 heteroatoms. The SMILES string of the molecule is CCCOC1CCCN(c2ccc(C=O)s2)C1. The van der Waals surface area contributed by atoms with Crippen molar-refractivity contribution in [1.29, 1.82) is 0 Å². The highest BCUT2D eigenvalue weighted by molar-refractivity contribution is 7.17. The first-order valence-corrected chi connectivity index (χ1v) is 7.06. The summed E-state index contributed by atoms with van der Waals surface area (Å²) in [7, 11) is 0. The summed E-state index contributed by atoms with van der Waals surface area (Å²) in [6, 6.07) is 3.93. The van der Waals surface area contributed by atoms with Gasteiger partial charge in [0.15, 0.2) is 6.29 Å². The van der Waals surface area contributed by atoms with Gasteiger partial charge in [0.05, 0.1) is 16.0 Å². The third-order valence-electron chi connectivity index (χ3n) is 2.98. The molecule has 1 unspecified atom stereocenters. The minimum absolute atomic E-state index is 0.352. The summed E-state index contributed by atoms with van der Waals surface area (Å²) < 4.78 is 5.81. The van der Waals surface area contributed by atoms with E-state index in [1.165, 1.54) is 11.4 Å². The molecule has 0 saturated carbocycles. The lowest BCUT2D eigenvalue weighted by atomic mass is 10.1. The van der Waals surface area contributed by atoms with Crippen molar-refractivity contribution >= 4 is 22.6 Å². The Labute approximate surface area is 106 Å². The number of piperidine rings is 1. The summed E-state index contributed by atoms with van der Waals surface area (Å²) in [5, 5.41) is 1.19. The van der Waals surface area contributed by atoms with Crippen molar-refractivity contribution in [2.75, 3.05) is 24.6 Å². The van der Waals surface area contributed by atoms with Gasteiger partial charge in [0.1, 0.15) is 0 Å². The molecule has 0 amide bonds. The smallest absolute Gasteiger partial charge is 0.160 e. The average Bonchev–Trinajstić information content (AvgIpc) is 2.85. The largest absolute Gasteiger partial charge is 0.376 e. The highest BCUT2D eigenvalue weighted by Crippen LogP contribution is 2.28. The van der Waals surface area contributed by atoms with E-state index in [9.17, 15) is 4.79 Å². The van der Waals surface area contributed by atoms with Crippen molar-refractivity contribution in [1.82, 2.24) is 0 Å². The Kier molecular flexibility index (Phi) is 4.57. The summed E-state index contributed by atoms with van der Waals surface area (Å²) in [5.41, 5.74) is 0. The van der Waals surface area contributed by atoms with E-state index in [4.69, 9.17) is 4.74 Å². The molecule has 0 radical (unpaired) electrons. The van der Waals surface area contributed by atoms with E-state index in [0.717, 1.165) is 43.7 Å². The van der Waals surface area contributed by atoms with Crippen molar-refractivity contribution < 1.29 is 9.53 Å². The van der Waals surface area contributed by atoms with E-state index >= 15 is 0 Å². The molecule has 0 aliphatic carbocycles. The molecule has 1 atom stereocenters. The monoisotopic (exact) mass is 253 g/mol. The second kappa shape index (κ2) is 6.17. The maximum Gasteiger partial charge on any atom is 0.160 e. The third-order valence-corrected chi connectivity index (χ3v) is 4.05. The van der Waals surface area contributed by atoms with Gasteiger partial charge in [0.25, 0.3) is 0 Å². The number of thiophene rings is 1. The van der Waals surface area contributed by atoms with Crippen LogP contribution in [0.5, 0.6) is 0 Å². The first-order valence-electron chi connectivity index (χ1n) is 6.25. The van der Waals surface area contributed by atoms with Gasteiger partial charge in [0, 0.05) is 19.7 Å². The summed E-state index contributed by atoms with van der Waals surface area (Å²) in [5.74, 6) is 0. The quantitative estimate of drug-likeness (QED) is 0.756. The van der Waals surface area contributed by atoms with E-state index in [-0.39, 0.29) is 0 Å². The number of aldehydes is 1. The molecule has 1 saturated heterocycles. The molecular weight excluding hydrogens is 234 g/mol. The van der Waals surface area contributed by atoms with Crippen molar-refractivity contribution in [3.63, 3.8) is 0 Å². The van der Waals surface area contributed by atoms with Crippen LogP contribution in [0.4, 0.5) is 5.00 Å². The molecule has 17 heavy (non-hydrogen) atoms. The molecule has 1 fully saturated rings. The maximum atomic E-state index is 10.7. The number of carbonyl (C=O) groups is 1. The maximum absolute atomic E-state index is 10.7. The molecule has 1 aliphatic heterocycles. The van der Waals surface area contributed by atoms with Gasteiger partial charge in [0.2, 0.25) is 0 Å².